The molecule has 2 aromatic rings. The van der Waals surface area contributed by atoms with Gasteiger partial charge in [0.15, 0.2) is 0 Å². The Hall–Kier alpha value is -2.62. The molecule has 0 radical (unpaired) electrons. The summed E-state index contributed by atoms with van der Waals surface area (Å²) in [7, 11) is 0. The van der Waals surface area contributed by atoms with E-state index in [9.17, 15) is 9.59 Å². The van der Waals surface area contributed by atoms with Gasteiger partial charge < -0.3 is 10.0 Å². The summed E-state index contributed by atoms with van der Waals surface area (Å²) < 4.78 is 0. The zero-order chi connectivity index (χ0) is 17.4. The molecule has 0 unspecified atom stereocenters. The molecule has 0 aromatic heterocycles. The number of carbonyl (C=O) groups is 2. The van der Waals surface area contributed by atoms with E-state index in [0.29, 0.717) is 25.9 Å². The number of aryl methyl sites for hydroxylation is 1. The van der Waals surface area contributed by atoms with Crippen molar-refractivity contribution in [2.75, 3.05) is 6.54 Å². The van der Waals surface area contributed by atoms with Gasteiger partial charge in [-0.25, -0.2) is 0 Å². The molecular weight excluding hydrogens is 302 g/mol. The van der Waals surface area contributed by atoms with Crippen molar-refractivity contribution >= 4 is 11.9 Å². The first kappa shape index (κ1) is 17.7. The van der Waals surface area contributed by atoms with Crippen LogP contribution in [0.3, 0.4) is 0 Å². The molecule has 0 saturated carbocycles. The number of hydrogen-bond acceptors (Lipinski definition) is 2. The summed E-state index contributed by atoms with van der Waals surface area (Å²) in [5.74, 6) is -0.806. The number of nitrogens with zero attached hydrogens (tertiary/aromatic N) is 1. The first-order valence-electron chi connectivity index (χ1n) is 8.14. The zero-order valence-corrected chi connectivity index (χ0v) is 13.9. The molecule has 0 spiro atoms. The van der Waals surface area contributed by atoms with Crippen LogP contribution in [0, 0.1) is 6.92 Å². The summed E-state index contributed by atoms with van der Waals surface area (Å²) in [6, 6.07) is 17.6. The van der Waals surface area contributed by atoms with Crippen LogP contribution in [-0.4, -0.2) is 28.4 Å². The monoisotopic (exact) mass is 325 g/mol. The lowest BCUT2D eigenvalue weighted by atomic mass is 10.0. The number of carbonyl (C=O) groups excluding carboxylic acids is 1. The third kappa shape index (κ3) is 5.54. The maximum absolute atomic E-state index is 12.7. The highest BCUT2D eigenvalue weighted by Gasteiger charge is 2.15. The fourth-order valence-electron chi connectivity index (χ4n) is 2.60. The molecular formula is C20H23NO3. The number of rotatable bonds is 8. The third-order valence-electron chi connectivity index (χ3n) is 3.99. The van der Waals surface area contributed by atoms with E-state index < -0.39 is 5.97 Å². The third-order valence-corrected chi connectivity index (χ3v) is 3.99. The van der Waals surface area contributed by atoms with E-state index in [1.807, 2.05) is 61.5 Å². The van der Waals surface area contributed by atoms with Crippen LogP contribution in [0.25, 0.3) is 0 Å². The van der Waals surface area contributed by atoms with Crippen LogP contribution in [-0.2, 0) is 22.6 Å². The Labute approximate surface area is 142 Å². The Balaban J connectivity index is 2.06. The quantitative estimate of drug-likeness (QED) is 0.809. The van der Waals surface area contributed by atoms with Gasteiger partial charge in [0.1, 0.15) is 0 Å². The van der Waals surface area contributed by atoms with Crippen molar-refractivity contribution in [1.29, 1.82) is 0 Å². The van der Waals surface area contributed by atoms with E-state index in [2.05, 4.69) is 0 Å². The Morgan fingerprint density at radius 2 is 1.67 bits per heavy atom. The standard InChI is InChI=1S/C20H23NO3/c1-16-8-5-6-11-18(16)14-19(22)21(13-7-12-20(23)24)15-17-9-3-2-4-10-17/h2-6,8-11H,7,12-15H2,1H3,(H,23,24). The van der Waals surface area contributed by atoms with E-state index in [0.717, 1.165) is 16.7 Å². The number of carboxylic acids is 1. The average molecular weight is 325 g/mol. The molecule has 4 nitrogen and oxygen atoms in total. The van der Waals surface area contributed by atoms with Crippen molar-refractivity contribution in [2.45, 2.75) is 32.7 Å². The van der Waals surface area contributed by atoms with Gasteiger partial charge in [0.2, 0.25) is 5.91 Å². The number of carboxylic acid groups (broad SMARTS) is 1. The Morgan fingerprint density at radius 1 is 1.00 bits per heavy atom. The molecule has 24 heavy (non-hydrogen) atoms. The lowest BCUT2D eigenvalue weighted by molar-refractivity contribution is -0.138. The summed E-state index contributed by atoms with van der Waals surface area (Å²) in [6.45, 7) is 2.95. The second-order valence-corrected chi connectivity index (χ2v) is 5.90. The fraction of sp³-hybridized carbons (Fsp3) is 0.300. The molecule has 0 aliphatic heterocycles. The van der Waals surface area contributed by atoms with Crippen LogP contribution in [0.4, 0.5) is 0 Å². The average Bonchev–Trinajstić information content (AvgIpc) is 2.56. The Bertz CT molecular complexity index is 682. The van der Waals surface area contributed by atoms with Crippen LogP contribution in [0.2, 0.25) is 0 Å². The maximum atomic E-state index is 12.7. The van der Waals surface area contributed by atoms with Crippen LogP contribution < -0.4 is 0 Å². The number of amides is 1. The minimum Gasteiger partial charge on any atom is -0.481 e. The molecule has 1 amide bonds. The van der Waals surface area contributed by atoms with E-state index in [-0.39, 0.29) is 12.3 Å². The molecule has 1 N–H and O–H groups in total. The van der Waals surface area contributed by atoms with Crippen LogP contribution in [0.15, 0.2) is 54.6 Å². The van der Waals surface area contributed by atoms with E-state index in [4.69, 9.17) is 5.11 Å². The molecule has 0 atom stereocenters. The minimum atomic E-state index is -0.832. The van der Waals surface area contributed by atoms with Crippen molar-refractivity contribution in [3.8, 4) is 0 Å². The van der Waals surface area contributed by atoms with Gasteiger partial charge in [-0.3, -0.25) is 9.59 Å². The highest BCUT2D eigenvalue weighted by Crippen LogP contribution is 2.12. The van der Waals surface area contributed by atoms with Crippen LogP contribution in [0.1, 0.15) is 29.5 Å². The predicted octanol–water partition coefficient (Wildman–Crippen LogP) is 3.43. The normalized spacial score (nSPS) is 10.4. The largest absolute Gasteiger partial charge is 0.481 e. The van der Waals surface area contributed by atoms with Gasteiger partial charge in [0.25, 0.3) is 0 Å². The van der Waals surface area contributed by atoms with Crippen molar-refractivity contribution in [3.05, 3.63) is 71.3 Å². The minimum absolute atomic E-state index is 0.0264. The molecule has 0 saturated heterocycles. The summed E-state index contributed by atoms with van der Waals surface area (Å²) in [4.78, 5) is 25.2. The van der Waals surface area contributed by atoms with Gasteiger partial charge in [-0.1, -0.05) is 54.6 Å². The molecule has 0 aliphatic carbocycles. The molecule has 0 aliphatic rings. The SMILES string of the molecule is Cc1ccccc1CC(=O)N(CCCC(=O)O)Cc1ccccc1. The van der Waals surface area contributed by atoms with Crippen molar-refractivity contribution in [3.63, 3.8) is 0 Å². The van der Waals surface area contributed by atoms with Crippen LogP contribution >= 0.6 is 0 Å². The van der Waals surface area contributed by atoms with Gasteiger partial charge in [0.05, 0.1) is 6.42 Å². The van der Waals surface area contributed by atoms with Crippen molar-refractivity contribution in [2.24, 2.45) is 0 Å². The van der Waals surface area contributed by atoms with Gasteiger partial charge in [0, 0.05) is 19.5 Å². The van der Waals surface area contributed by atoms with E-state index >= 15 is 0 Å². The molecule has 2 aromatic carbocycles. The summed E-state index contributed by atoms with van der Waals surface area (Å²) in [5.41, 5.74) is 3.15. The Morgan fingerprint density at radius 3 is 2.33 bits per heavy atom. The second-order valence-electron chi connectivity index (χ2n) is 5.90. The number of aliphatic carboxylic acids is 1. The van der Waals surface area contributed by atoms with Crippen molar-refractivity contribution in [1.82, 2.24) is 4.90 Å². The highest BCUT2D eigenvalue weighted by molar-refractivity contribution is 5.79. The molecule has 2 rings (SSSR count). The van der Waals surface area contributed by atoms with Gasteiger partial charge in [-0.05, 0) is 30.0 Å². The summed E-state index contributed by atoms with van der Waals surface area (Å²) in [6.07, 6.45) is 0.872. The topological polar surface area (TPSA) is 57.6 Å². The lowest BCUT2D eigenvalue weighted by Crippen LogP contribution is -2.33. The number of hydrogen-bond donors (Lipinski definition) is 1. The zero-order valence-electron chi connectivity index (χ0n) is 13.9. The van der Waals surface area contributed by atoms with E-state index in [1.165, 1.54) is 0 Å². The lowest BCUT2D eigenvalue weighted by Gasteiger charge is -2.23. The fourth-order valence-corrected chi connectivity index (χ4v) is 2.60. The molecule has 0 bridgehead atoms. The molecule has 4 heteroatoms. The van der Waals surface area contributed by atoms with Gasteiger partial charge in [-0.2, -0.15) is 0 Å². The molecule has 126 valence electrons. The van der Waals surface area contributed by atoms with Gasteiger partial charge >= 0.3 is 5.97 Å². The summed E-state index contributed by atoms with van der Waals surface area (Å²) >= 11 is 0. The first-order valence-corrected chi connectivity index (χ1v) is 8.14. The highest BCUT2D eigenvalue weighted by atomic mass is 16.4. The smallest absolute Gasteiger partial charge is 0.303 e. The molecule has 0 fully saturated rings. The maximum Gasteiger partial charge on any atom is 0.303 e. The first-order chi connectivity index (χ1) is 11.6. The van der Waals surface area contributed by atoms with Gasteiger partial charge in [-0.15, -0.1) is 0 Å². The molecule has 0 heterocycles. The predicted molar refractivity (Wildman–Crippen MR) is 93.6 cm³/mol. The van der Waals surface area contributed by atoms with Crippen molar-refractivity contribution < 1.29 is 14.7 Å². The number of benzene rings is 2. The Kier molecular flexibility index (Phi) is 6.55. The van der Waals surface area contributed by atoms with Crippen LogP contribution in [0.5, 0.6) is 0 Å². The van der Waals surface area contributed by atoms with E-state index in [1.54, 1.807) is 4.90 Å². The second kappa shape index (κ2) is 8.87. The summed E-state index contributed by atoms with van der Waals surface area (Å²) in [5, 5.41) is 8.82.